The average molecular weight is 320 g/mol. The number of hydrogen-bond acceptors (Lipinski definition) is 4. The van der Waals surface area contributed by atoms with Gasteiger partial charge in [-0.3, -0.25) is 0 Å². The Bertz CT molecular complexity index is 685. The van der Waals surface area contributed by atoms with Gasteiger partial charge in [0.1, 0.15) is 12.4 Å². The lowest BCUT2D eigenvalue weighted by molar-refractivity contribution is 0.275. The van der Waals surface area contributed by atoms with E-state index in [0.717, 1.165) is 0 Å². The van der Waals surface area contributed by atoms with Crippen LogP contribution in [0.3, 0.4) is 0 Å². The highest BCUT2D eigenvalue weighted by Gasteiger charge is 2.19. The third-order valence-electron chi connectivity index (χ3n) is 3.20. The van der Waals surface area contributed by atoms with E-state index in [1.54, 1.807) is 12.1 Å². The second-order valence-electron chi connectivity index (χ2n) is 4.92. The maximum atomic E-state index is 12.3. The van der Waals surface area contributed by atoms with Crippen LogP contribution >= 0.6 is 0 Å². The van der Waals surface area contributed by atoms with Crippen molar-refractivity contribution in [1.82, 2.24) is 4.72 Å². The third-order valence-corrected chi connectivity index (χ3v) is 4.74. The van der Waals surface area contributed by atoms with Crippen molar-refractivity contribution in [3.63, 3.8) is 0 Å². The molecule has 0 aromatic heterocycles. The molecule has 0 saturated carbocycles. The standard InChI is InChI=1S/C16H20N2O3S/c1-2-14(12-21-15-6-4-3-5-7-15)18-22(19,20)16-10-8-13(17)9-11-16/h3-11,14,18H,2,12,17H2,1H3/t14-/m1/s1. The summed E-state index contributed by atoms with van der Waals surface area (Å²) in [5.74, 6) is 0.715. The maximum Gasteiger partial charge on any atom is 0.240 e. The quantitative estimate of drug-likeness (QED) is 0.768. The highest BCUT2D eigenvalue weighted by Crippen LogP contribution is 2.14. The van der Waals surface area contributed by atoms with Crippen LogP contribution in [-0.4, -0.2) is 21.1 Å². The van der Waals surface area contributed by atoms with E-state index in [2.05, 4.69) is 4.72 Å². The second-order valence-corrected chi connectivity index (χ2v) is 6.63. The Morgan fingerprint density at radius 3 is 2.32 bits per heavy atom. The topological polar surface area (TPSA) is 81.4 Å². The van der Waals surface area contributed by atoms with E-state index in [0.29, 0.717) is 17.9 Å². The molecule has 0 aliphatic heterocycles. The van der Waals surface area contributed by atoms with Crippen molar-refractivity contribution in [2.75, 3.05) is 12.3 Å². The Morgan fingerprint density at radius 2 is 1.73 bits per heavy atom. The minimum Gasteiger partial charge on any atom is -0.492 e. The van der Waals surface area contributed by atoms with Crippen molar-refractivity contribution >= 4 is 15.7 Å². The number of para-hydroxylation sites is 1. The summed E-state index contributed by atoms with van der Waals surface area (Å²) in [6.45, 7) is 2.18. The molecule has 0 bridgehead atoms. The number of anilines is 1. The number of nitrogens with two attached hydrogens (primary N) is 1. The van der Waals surface area contributed by atoms with Crippen LogP contribution in [0.2, 0.25) is 0 Å². The molecule has 22 heavy (non-hydrogen) atoms. The predicted molar refractivity (Wildman–Crippen MR) is 87.2 cm³/mol. The van der Waals surface area contributed by atoms with E-state index in [9.17, 15) is 8.42 Å². The SMILES string of the molecule is CC[C@H](COc1ccccc1)NS(=O)(=O)c1ccc(N)cc1. The normalized spacial score (nSPS) is 12.8. The van der Waals surface area contributed by atoms with Gasteiger partial charge >= 0.3 is 0 Å². The van der Waals surface area contributed by atoms with Gasteiger partial charge in [-0.15, -0.1) is 0 Å². The van der Waals surface area contributed by atoms with Crippen LogP contribution in [0.1, 0.15) is 13.3 Å². The van der Waals surface area contributed by atoms with Crippen LogP contribution in [0.5, 0.6) is 5.75 Å². The molecule has 118 valence electrons. The average Bonchev–Trinajstić information content (AvgIpc) is 2.52. The smallest absolute Gasteiger partial charge is 0.240 e. The molecular weight excluding hydrogens is 300 g/mol. The zero-order valence-electron chi connectivity index (χ0n) is 12.4. The summed E-state index contributed by atoms with van der Waals surface area (Å²) in [7, 11) is -3.58. The fourth-order valence-corrected chi connectivity index (χ4v) is 3.19. The Labute approximate surface area is 131 Å². The Kier molecular flexibility index (Phi) is 5.41. The molecule has 0 aliphatic rings. The molecule has 0 amide bonds. The first-order chi connectivity index (χ1) is 10.5. The maximum absolute atomic E-state index is 12.3. The van der Waals surface area contributed by atoms with E-state index in [4.69, 9.17) is 10.5 Å². The zero-order chi connectivity index (χ0) is 16.0. The van der Waals surface area contributed by atoms with E-state index in [1.165, 1.54) is 12.1 Å². The lowest BCUT2D eigenvalue weighted by Crippen LogP contribution is -2.38. The number of rotatable bonds is 7. The molecule has 3 N–H and O–H groups in total. The van der Waals surface area contributed by atoms with Gasteiger partial charge in [-0.05, 0) is 42.8 Å². The van der Waals surface area contributed by atoms with Gasteiger partial charge in [-0.25, -0.2) is 13.1 Å². The summed E-state index contributed by atoms with van der Waals surface area (Å²) in [6.07, 6.45) is 0.626. The number of benzene rings is 2. The summed E-state index contributed by atoms with van der Waals surface area (Å²) in [5.41, 5.74) is 6.10. The van der Waals surface area contributed by atoms with Crippen molar-refractivity contribution in [2.24, 2.45) is 0 Å². The molecule has 0 aliphatic carbocycles. The molecule has 2 rings (SSSR count). The largest absolute Gasteiger partial charge is 0.492 e. The fraction of sp³-hybridized carbons (Fsp3) is 0.250. The summed E-state index contributed by atoms with van der Waals surface area (Å²) in [5, 5.41) is 0. The first-order valence-corrected chi connectivity index (χ1v) is 8.55. The van der Waals surface area contributed by atoms with Crippen LogP contribution in [-0.2, 0) is 10.0 Å². The highest BCUT2D eigenvalue weighted by molar-refractivity contribution is 7.89. The van der Waals surface area contributed by atoms with Gasteiger partial charge in [0.2, 0.25) is 10.0 Å². The van der Waals surface area contributed by atoms with Gasteiger partial charge < -0.3 is 10.5 Å². The van der Waals surface area contributed by atoms with Crippen LogP contribution < -0.4 is 15.2 Å². The number of nitrogen functional groups attached to an aromatic ring is 1. The van der Waals surface area contributed by atoms with Gasteiger partial charge in [-0.2, -0.15) is 0 Å². The number of ether oxygens (including phenoxy) is 1. The van der Waals surface area contributed by atoms with Crippen molar-refractivity contribution in [3.8, 4) is 5.75 Å². The van der Waals surface area contributed by atoms with Crippen LogP contribution in [0.25, 0.3) is 0 Å². The van der Waals surface area contributed by atoms with E-state index < -0.39 is 10.0 Å². The molecule has 1 atom stereocenters. The van der Waals surface area contributed by atoms with E-state index in [-0.39, 0.29) is 17.5 Å². The molecule has 2 aromatic carbocycles. The second kappa shape index (κ2) is 7.29. The molecule has 2 aromatic rings. The van der Waals surface area contributed by atoms with Crippen molar-refractivity contribution < 1.29 is 13.2 Å². The number of hydrogen-bond donors (Lipinski definition) is 2. The molecule has 0 saturated heterocycles. The van der Waals surface area contributed by atoms with E-state index >= 15 is 0 Å². The molecular formula is C16H20N2O3S. The highest BCUT2D eigenvalue weighted by atomic mass is 32.2. The third kappa shape index (κ3) is 4.47. The first kappa shape index (κ1) is 16.3. The van der Waals surface area contributed by atoms with Crippen LogP contribution in [0, 0.1) is 0 Å². The molecule has 0 radical (unpaired) electrons. The minimum atomic E-state index is -3.58. The van der Waals surface area contributed by atoms with Gasteiger partial charge in [0.25, 0.3) is 0 Å². The lowest BCUT2D eigenvalue weighted by Gasteiger charge is -2.18. The van der Waals surface area contributed by atoms with Crippen LogP contribution in [0.4, 0.5) is 5.69 Å². The Morgan fingerprint density at radius 1 is 1.09 bits per heavy atom. The predicted octanol–water partition coefficient (Wildman–Crippen LogP) is 2.40. The number of sulfonamides is 1. The fourth-order valence-electron chi connectivity index (χ4n) is 1.88. The minimum absolute atomic E-state index is 0.194. The summed E-state index contributed by atoms with van der Waals surface area (Å²) in [6, 6.07) is 15.1. The van der Waals surface area contributed by atoms with Crippen molar-refractivity contribution in [1.29, 1.82) is 0 Å². The van der Waals surface area contributed by atoms with E-state index in [1.807, 2.05) is 37.3 Å². The van der Waals surface area contributed by atoms with Gasteiger partial charge in [0, 0.05) is 5.69 Å². The van der Waals surface area contributed by atoms with Crippen molar-refractivity contribution in [3.05, 3.63) is 54.6 Å². The molecule has 0 unspecified atom stereocenters. The monoisotopic (exact) mass is 320 g/mol. The molecule has 0 heterocycles. The molecule has 0 fully saturated rings. The first-order valence-electron chi connectivity index (χ1n) is 7.07. The Hall–Kier alpha value is -2.05. The van der Waals surface area contributed by atoms with Gasteiger partial charge in [0.15, 0.2) is 0 Å². The summed E-state index contributed by atoms with van der Waals surface area (Å²) >= 11 is 0. The molecule has 5 nitrogen and oxygen atoms in total. The summed E-state index contributed by atoms with van der Waals surface area (Å²) < 4.78 is 32.9. The molecule has 0 spiro atoms. The van der Waals surface area contributed by atoms with Crippen LogP contribution in [0.15, 0.2) is 59.5 Å². The molecule has 6 heteroatoms. The Balaban J connectivity index is 2.01. The lowest BCUT2D eigenvalue weighted by atomic mass is 10.2. The number of nitrogens with one attached hydrogen (secondary N) is 1. The zero-order valence-corrected chi connectivity index (χ0v) is 13.2. The van der Waals surface area contributed by atoms with Crippen molar-refractivity contribution in [2.45, 2.75) is 24.3 Å². The van der Waals surface area contributed by atoms with Gasteiger partial charge in [-0.1, -0.05) is 25.1 Å². The summed E-state index contributed by atoms with van der Waals surface area (Å²) in [4.78, 5) is 0.194. The van der Waals surface area contributed by atoms with Gasteiger partial charge in [0.05, 0.1) is 10.9 Å².